The molecule has 1 amide bonds. The largest absolute Gasteiger partial charge is 0.494 e. The van der Waals surface area contributed by atoms with Crippen molar-refractivity contribution >= 4 is 12.1 Å². The van der Waals surface area contributed by atoms with Crippen molar-refractivity contribution in [3.8, 4) is 5.75 Å². The second-order valence-corrected chi connectivity index (χ2v) is 7.77. The summed E-state index contributed by atoms with van der Waals surface area (Å²) >= 11 is 0. The molecule has 27 heavy (non-hydrogen) atoms. The highest BCUT2D eigenvalue weighted by Gasteiger charge is 2.23. The van der Waals surface area contributed by atoms with Crippen LogP contribution in [0.4, 0.5) is 4.79 Å². The van der Waals surface area contributed by atoms with Crippen molar-refractivity contribution in [3.05, 3.63) is 29.3 Å². The van der Waals surface area contributed by atoms with Crippen molar-refractivity contribution in [1.29, 1.82) is 0 Å². The summed E-state index contributed by atoms with van der Waals surface area (Å²) in [5.41, 5.74) is 1.97. The minimum Gasteiger partial charge on any atom is -0.494 e. The number of esters is 1. The number of ether oxygens (including phenoxy) is 3. The van der Waals surface area contributed by atoms with Crippen LogP contribution in [0.25, 0.3) is 0 Å². The van der Waals surface area contributed by atoms with E-state index in [4.69, 9.17) is 14.2 Å². The van der Waals surface area contributed by atoms with Gasteiger partial charge in [0.15, 0.2) is 0 Å². The van der Waals surface area contributed by atoms with E-state index in [0.717, 1.165) is 25.0 Å². The molecule has 0 bridgehead atoms. The number of alkyl carbamates (subject to hydrolysis) is 1. The Morgan fingerprint density at radius 3 is 2.70 bits per heavy atom. The molecule has 0 spiro atoms. The van der Waals surface area contributed by atoms with Gasteiger partial charge in [0.1, 0.15) is 11.4 Å². The summed E-state index contributed by atoms with van der Waals surface area (Å²) in [6.07, 6.45) is 3.18. The normalized spacial score (nSPS) is 16.2. The van der Waals surface area contributed by atoms with E-state index in [1.54, 1.807) is 6.92 Å². The van der Waals surface area contributed by atoms with Crippen LogP contribution in [0.15, 0.2) is 18.2 Å². The molecule has 1 N–H and O–H groups in total. The molecule has 0 unspecified atom stereocenters. The fraction of sp³-hybridized carbons (Fsp3) is 0.619. The van der Waals surface area contributed by atoms with Gasteiger partial charge < -0.3 is 19.5 Å². The summed E-state index contributed by atoms with van der Waals surface area (Å²) in [7, 11) is 0. The van der Waals surface area contributed by atoms with E-state index in [1.807, 2.05) is 32.9 Å². The number of fused-ring (bicyclic) bond motifs is 1. The Bertz CT molecular complexity index is 650. The number of amides is 1. The molecule has 2 rings (SSSR count). The van der Waals surface area contributed by atoms with Crippen molar-refractivity contribution < 1.29 is 23.8 Å². The second kappa shape index (κ2) is 9.62. The highest BCUT2D eigenvalue weighted by atomic mass is 16.6. The lowest BCUT2D eigenvalue weighted by atomic mass is 9.88. The maximum atomic E-state index is 12.0. The molecular formula is C21H31NO5. The van der Waals surface area contributed by atoms with Gasteiger partial charge in [0, 0.05) is 12.5 Å². The van der Waals surface area contributed by atoms with Crippen LogP contribution in [0.5, 0.6) is 5.75 Å². The van der Waals surface area contributed by atoms with Crippen molar-refractivity contribution in [3.63, 3.8) is 0 Å². The smallest absolute Gasteiger partial charge is 0.407 e. The zero-order chi connectivity index (χ0) is 19.9. The molecule has 0 heterocycles. The lowest BCUT2D eigenvalue weighted by Crippen LogP contribution is -2.41. The van der Waals surface area contributed by atoms with Crippen molar-refractivity contribution in [2.45, 2.75) is 71.4 Å². The predicted molar refractivity (Wildman–Crippen MR) is 103 cm³/mol. The van der Waals surface area contributed by atoms with Gasteiger partial charge in [0.25, 0.3) is 0 Å². The molecule has 0 aliphatic heterocycles. The summed E-state index contributed by atoms with van der Waals surface area (Å²) in [5, 5.41) is 2.96. The van der Waals surface area contributed by atoms with E-state index < -0.39 is 5.60 Å². The van der Waals surface area contributed by atoms with Gasteiger partial charge in [0.2, 0.25) is 0 Å². The van der Waals surface area contributed by atoms with Gasteiger partial charge in [-0.1, -0.05) is 6.07 Å². The lowest BCUT2D eigenvalue weighted by Gasteiger charge is -2.27. The molecule has 0 saturated carbocycles. The van der Waals surface area contributed by atoms with Crippen LogP contribution in [0, 0.1) is 0 Å². The van der Waals surface area contributed by atoms with Crippen LogP contribution in [-0.4, -0.2) is 36.9 Å². The first-order valence-corrected chi connectivity index (χ1v) is 9.66. The van der Waals surface area contributed by atoms with Crippen LogP contribution in [-0.2, 0) is 27.1 Å². The molecule has 150 valence electrons. The third-order valence-corrected chi connectivity index (χ3v) is 4.23. The maximum Gasteiger partial charge on any atom is 0.407 e. The van der Waals surface area contributed by atoms with Gasteiger partial charge in [-0.05, 0) is 76.6 Å². The Hall–Kier alpha value is -2.24. The number of aryl methyl sites for hydroxylation is 1. The molecule has 1 aromatic rings. The van der Waals surface area contributed by atoms with Gasteiger partial charge in [-0.3, -0.25) is 4.79 Å². The average Bonchev–Trinajstić information content (AvgIpc) is 2.57. The van der Waals surface area contributed by atoms with E-state index in [2.05, 4.69) is 11.4 Å². The molecule has 1 aromatic carbocycles. The van der Waals surface area contributed by atoms with E-state index in [0.29, 0.717) is 26.1 Å². The van der Waals surface area contributed by atoms with Crippen LogP contribution in [0.2, 0.25) is 0 Å². The number of carbonyl (C=O) groups excluding carboxylic acids is 2. The Labute approximate surface area is 161 Å². The van der Waals surface area contributed by atoms with Gasteiger partial charge in [0.05, 0.1) is 13.2 Å². The zero-order valence-electron chi connectivity index (χ0n) is 16.8. The summed E-state index contributed by atoms with van der Waals surface area (Å²) < 4.78 is 16.0. The molecule has 1 aliphatic rings. The molecule has 0 radical (unpaired) electrons. The minimum atomic E-state index is -0.499. The first-order chi connectivity index (χ1) is 12.8. The topological polar surface area (TPSA) is 73.9 Å². The highest BCUT2D eigenvalue weighted by Crippen LogP contribution is 2.26. The number of hydrogen-bond donors (Lipinski definition) is 1. The minimum absolute atomic E-state index is 0.0615. The molecule has 6 nitrogen and oxygen atoms in total. The summed E-state index contributed by atoms with van der Waals surface area (Å²) in [6, 6.07) is 6.14. The Kier molecular flexibility index (Phi) is 7.51. The zero-order valence-corrected chi connectivity index (χ0v) is 16.8. The van der Waals surface area contributed by atoms with Crippen molar-refractivity contribution in [2.75, 3.05) is 13.2 Å². The fourth-order valence-electron chi connectivity index (χ4n) is 3.06. The molecular weight excluding hydrogens is 346 g/mol. The van der Waals surface area contributed by atoms with E-state index >= 15 is 0 Å². The number of rotatable bonds is 7. The molecule has 0 saturated heterocycles. The molecule has 1 aliphatic carbocycles. The van der Waals surface area contributed by atoms with Crippen LogP contribution < -0.4 is 10.1 Å². The van der Waals surface area contributed by atoms with E-state index in [1.165, 1.54) is 11.1 Å². The Morgan fingerprint density at radius 2 is 2.00 bits per heavy atom. The molecule has 0 aromatic heterocycles. The van der Waals surface area contributed by atoms with Crippen molar-refractivity contribution in [1.82, 2.24) is 5.32 Å². The first kappa shape index (κ1) is 21.1. The predicted octanol–water partition coefficient (Wildman–Crippen LogP) is 3.79. The Balaban J connectivity index is 1.83. The average molecular weight is 377 g/mol. The SMILES string of the molecule is CCOC(=O)CCCOc1ccc2c(c1)C[C@@H](NC(=O)OC(C)(C)C)CC2. The Morgan fingerprint density at radius 1 is 1.22 bits per heavy atom. The van der Waals surface area contributed by atoms with Crippen molar-refractivity contribution in [2.24, 2.45) is 0 Å². The highest BCUT2D eigenvalue weighted by molar-refractivity contribution is 5.69. The maximum absolute atomic E-state index is 12.0. The quantitative estimate of drug-likeness (QED) is 0.578. The first-order valence-electron chi connectivity index (χ1n) is 9.66. The molecule has 0 fully saturated rings. The van der Waals surface area contributed by atoms with Crippen LogP contribution in [0.3, 0.4) is 0 Å². The van der Waals surface area contributed by atoms with Gasteiger partial charge in [-0.25, -0.2) is 4.79 Å². The number of benzene rings is 1. The lowest BCUT2D eigenvalue weighted by molar-refractivity contribution is -0.143. The van der Waals surface area contributed by atoms with Crippen LogP contribution >= 0.6 is 0 Å². The number of carbonyl (C=O) groups is 2. The third kappa shape index (κ3) is 7.49. The fourth-order valence-corrected chi connectivity index (χ4v) is 3.06. The number of nitrogens with one attached hydrogen (secondary N) is 1. The van der Waals surface area contributed by atoms with Crippen LogP contribution in [0.1, 0.15) is 58.1 Å². The van der Waals surface area contributed by atoms with Gasteiger partial charge in [-0.15, -0.1) is 0 Å². The standard InChI is InChI=1S/C21H31NO5/c1-5-25-19(23)7-6-12-26-18-11-9-15-8-10-17(13-16(15)14-18)22-20(24)27-21(2,3)4/h9,11,14,17H,5-8,10,12-13H2,1-4H3,(H,22,24)/t17-/m0/s1. The molecule has 6 heteroatoms. The third-order valence-electron chi connectivity index (χ3n) is 4.23. The van der Waals surface area contributed by atoms with Gasteiger partial charge in [-0.2, -0.15) is 0 Å². The second-order valence-electron chi connectivity index (χ2n) is 7.77. The summed E-state index contributed by atoms with van der Waals surface area (Å²) in [6.45, 7) is 8.24. The summed E-state index contributed by atoms with van der Waals surface area (Å²) in [4.78, 5) is 23.3. The monoisotopic (exact) mass is 377 g/mol. The van der Waals surface area contributed by atoms with Gasteiger partial charge >= 0.3 is 12.1 Å². The van der Waals surface area contributed by atoms with E-state index in [9.17, 15) is 9.59 Å². The number of hydrogen-bond acceptors (Lipinski definition) is 5. The molecule has 1 atom stereocenters. The van der Waals surface area contributed by atoms with E-state index in [-0.39, 0.29) is 18.1 Å². The summed E-state index contributed by atoms with van der Waals surface area (Å²) in [5.74, 6) is 0.595.